The Labute approximate surface area is 84.2 Å². The highest BCUT2D eigenvalue weighted by atomic mass is 32.1. The summed E-state index contributed by atoms with van der Waals surface area (Å²) in [5, 5.41) is 20.8. The van der Waals surface area contributed by atoms with Crippen molar-refractivity contribution >= 4 is 27.7 Å². The summed E-state index contributed by atoms with van der Waals surface area (Å²) in [5.74, 6) is 0.0723. The number of phenols is 1. The Bertz CT molecular complexity index is 487. The van der Waals surface area contributed by atoms with Gasteiger partial charge >= 0.3 is 0 Å². The van der Waals surface area contributed by atoms with Crippen LogP contribution in [-0.4, -0.2) is 16.5 Å². The van der Waals surface area contributed by atoms with Gasteiger partial charge in [-0.2, -0.15) is 0 Å². The zero-order valence-corrected chi connectivity index (χ0v) is 8.04. The summed E-state index contributed by atoms with van der Waals surface area (Å²) in [7, 11) is 0. The van der Waals surface area contributed by atoms with Gasteiger partial charge in [-0.15, -0.1) is 11.3 Å². The lowest BCUT2D eigenvalue weighted by Gasteiger charge is -2.00. The van der Waals surface area contributed by atoms with Gasteiger partial charge in [0.15, 0.2) is 6.29 Å². The lowest BCUT2D eigenvalue weighted by atomic mass is 10.1. The van der Waals surface area contributed by atoms with Crippen LogP contribution in [0.5, 0.6) is 5.75 Å². The molecule has 0 bridgehead atoms. The van der Waals surface area contributed by atoms with Gasteiger partial charge in [-0.1, -0.05) is 0 Å². The van der Waals surface area contributed by atoms with Crippen LogP contribution in [0, 0.1) is 0 Å². The van der Waals surface area contributed by atoms with Crippen LogP contribution in [0.3, 0.4) is 0 Å². The van der Waals surface area contributed by atoms with E-state index in [1.165, 1.54) is 23.5 Å². The van der Waals surface area contributed by atoms with Crippen LogP contribution < -0.4 is 0 Å². The Morgan fingerprint density at radius 1 is 1.43 bits per heavy atom. The Kier molecular flexibility index (Phi) is 2.23. The molecule has 0 aliphatic rings. The summed E-state index contributed by atoms with van der Waals surface area (Å²) in [5.41, 5.74) is 1.20. The van der Waals surface area contributed by atoms with Crippen LogP contribution in [0.15, 0.2) is 17.5 Å². The summed E-state index contributed by atoms with van der Waals surface area (Å²) in [6.45, 7) is -0.135. The van der Waals surface area contributed by atoms with E-state index in [1.54, 1.807) is 5.38 Å². The second kappa shape index (κ2) is 3.40. The van der Waals surface area contributed by atoms with Crippen LogP contribution in [0.25, 0.3) is 10.1 Å². The molecule has 0 aliphatic heterocycles. The van der Waals surface area contributed by atoms with Gasteiger partial charge in [-0.25, -0.2) is 0 Å². The van der Waals surface area contributed by atoms with Crippen LogP contribution in [0.2, 0.25) is 0 Å². The van der Waals surface area contributed by atoms with Gasteiger partial charge in [-0.3, -0.25) is 4.79 Å². The number of carbonyl (C=O) groups excluding carboxylic acids is 1. The first kappa shape index (κ1) is 9.18. The van der Waals surface area contributed by atoms with Crippen LogP contribution in [-0.2, 0) is 6.61 Å². The molecule has 4 heteroatoms. The summed E-state index contributed by atoms with van der Waals surface area (Å²) in [6, 6.07) is 3.04. The van der Waals surface area contributed by atoms with Crippen molar-refractivity contribution in [2.45, 2.75) is 6.61 Å². The highest BCUT2D eigenvalue weighted by Crippen LogP contribution is 2.31. The van der Waals surface area contributed by atoms with Gasteiger partial charge < -0.3 is 10.2 Å². The number of carbonyl (C=O) groups is 1. The maximum Gasteiger partial charge on any atom is 0.151 e. The summed E-state index contributed by atoms with van der Waals surface area (Å²) in [4.78, 5) is 10.7. The van der Waals surface area contributed by atoms with E-state index in [1.807, 2.05) is 0 Å². The first-order chi connectivity index (χ1) is 6.76. The molecule has 2 rings (SSSR count). The van der Waals surface area contributed by atoms with Crippen molar-refractivity contribution < 1.29 is 15.0 Å². The number of aliphatic hydroxyl groups is 1. The predicted molar refractivity (Wildman–Crippen MR) is 54.8 cm³/mol. The van der Waals surface area contributed by atoms with Crippen molar-refractivity contribution in [1.82, 2.24) is 0 Å². The average Bonchev–Trinajstić information content (AvgIpc) is 2.59. The molecule has 3 nitrogen and oxygen atoms in total. The number of phenolic OH excluding ortho intramolecular Hbond substituents is 1. The van der Waals surface area contributed by atoms with E-state index in [4.69, 9.17) is 5.11 Å². The minimum absolute atomic E-state index is 0.0723. The first-order valence-corrected chi connectivity index (χ1v) is 4.93. The minimum Gasteiger partial charge on any atom is -0.508 e. The lowest BCUT2D eigenvalue weighted by molar-refractivity contribution is 0.112. The molecule has 0 fully saturated rings. The molecule has 0 aliphatic carbocycles. The molecule has 0 radical (unpaired) electrons. The molecule has 14 heavy (non-hydrogen) atoms. The molecule has 1 heterocycles. The second-order valence-corrected chi connectivity index (χ2v) is 3.83. The van der Waals surface area contributed by atoms with Gasteiger partial charge in [0.2, 0.25) is 0 Å². The maximum absolute atomic E-state index is 10.7. The summed E-state index contributed by atoms with van der Waals surface area (Å²) in [6.07, 6.45) is 0.749. The van der Waals surface area contributed by atoms with E-state index >= 15 is 0 Å². The number of rotatable bonds is 2. The molecule has 0 amide bonds. The highest BCUT2D eigenvalue weighted by molar-refractivity contribution is 7.17. The molecular weight excluding hydrogens is 200 g/mol. The second-order valence-electron chi connectivity index (χ2n) is 2.95. The average molecular weight is 208 g/mol. The van der Waals surface area contributed by atoms with Crippen LogP contribution in [0.1, 0.15) is 15.9 Å². The van der Waals surface area contributed by atoms with Gasteiger partial charge in [0.25, 0.3) is 0 Å². The SMILES string of the molecule is O=Cc1csc2c(CO)cc(O)cc12. The van der Waals surface area contributed by atoms with Crippen LogP contribution in [0.4, 0.5) is 0 Å². The lowest BCUT2D eigenvalue weighted by Crippen LogP contribution is -1.84. The van der Waals surface area contributed by atoms with E-state index in [2.05, 4.69) is 0 Å². The Hall–Kier alpha value is -1.39. The third kappa shape index (κ3) is 1.29. The van der Waals surface area contributed by atoms with Crippen molar-refractivity contribution in [1.29, 1.82) is 0 Å². The monoisotopic (exact) mass is 208 g/mol. The molecule has 72 valence electrons. The fraction of sp³-hybridized carbons (Fsp3) is 0.100. The molecule has 0 saturated carbocycles. The molecule has 1 aromatic heterocycles. The van der Waals surface area contributed by atoms with E-state index in [0.717, 1.165) is 11.0 Å². The maximum atomic E-state index is 10.7. The van der Waals surface area contributed by atoms with Gasteiger partial charge in [-0.05, 0) is 17.7 Å². The van der Waals surface area contributed by atoms with E-state index in [9.17, 15) is 9.90 Å². The number of thiophene rings is 1. The molecule has 0 saturated heterocycles. The van der Waals surface area contributed by atoms with E-state index in [-0.39, 0.29) is 12.4 Å². The number of aldehydes is 1. The Balaban J connectivity index is 2.83. The van der Waals surface area contributed by atoms with Gasteiger partial charge in [0, 0.05) is 21.0 Å². The summed E-state index contributed by atoms with van der Waals surface area (Å²) >= 11 is 1.40. The smallest absolute Gasteiger partial charge is 0.151 e. The van der Waals surface area contributed by atoms with E-state index in [0.29, 0.717) is 16.5 Å². The number of aromatic hydroxyl groups is 1. The fourth-order valence-corrected chi connectivity index (χ4v) is 2.43. The zero-order valence-electron chi connectivity index (χ0n) is 7.23. The van der Waals surface area contributed by atoms with Crippen molar-refractivity contribution in [3.05, 3.63) is 28.6 Å². The van der Waals surface area contributed by atoms with Crippen LogP contribution >= 0.6 is 11.3 Å². The minimum atomic E-state index is -0.135. The molecule has 1 aromatic carbocycles. The largest absolute Gasteiger partial charge is 0.508 e. The molecule has 0 atom stereocenters. The van der Waals surface area contributed by atoms with Crippen molar-refractivity contribution in [2.75, 3.05) is 0 Å². The normalized spacial score (nSPS) is 10.6. The number of aliphatic hydroxyl groups excluding tert-OH is 1. The Morgan fingerprint density at radius 3 is 2.86 bits per heavy atom. The van der Waals surface area contributed by atoms with Gasteiger partial charge in [0.1, 0.15) is 5.75 Å². The van der Waals surface area contributed by atoms with Crippen molar-refractivity contribution in [3.8, 4) is 5.75 Å². The Morgan fingerprint density at radius 2 is 2.21 bits per heavy atom. The predicted octanol–water partition coefficient (Wildman–Crippen LogP) is 1.91. The fourth-order valence-electron chi connectivity index (χ4n) is 1.42. The van der Waals surface area contributed by atoms with Crippen molar-refractivity contribution in [3.63, 3.8) is 0 Å². The quantitative estimate of drug-likeness (QED) is 0.741. The first-order valence-electron chi connectivity index (χ1n) is 4.05. The van der Waals surface area contributed by atoms with E-state index < -0.39 is 0 Å². The number of benzene rings is 1. The molecule has 0 unspecified atom stereocenters. The van der Waals surface area contributed by atoms with Crippen molar-refractivity contribution in [2.24, 2.45) is 0 Å². The molecule has 2 aromatic rings. The number of hydrogen-bond donors (Lipinski definition) is 2. The topological polar surface area (TPSA) is 57.5 Å². The third-order valence-electron chi connectivity index (χ3n) is 2.06. The number of hydrogen-bond acceptors (Lipinski definition) is 4. The molecule has 2 N–H and O–H groups in total. The zero-order chi connectivity index (χ0) is 10.1. The molecular formula is C10H8O3S. The third-order valence-corrected chi connectivity index (χ3v) is 3.15. The van der Waals surface area contributed by atoms with Gasteiger partial charge in [0.05, 0.1) is 6.61 Å². The molecule has 0 spiro atoms. The standard InChI is InChI=1S/C10H8O3S/c11-3-6-1-8(13)2-9-7(4-12)5-14-10(6)9/h1-2,4-5,11,13H,3H2. The number of fused-ring (bicyclic) bond motifs is 1. The highest BCUT2D eigenvalue weighted by Gasteiger charge is 2.08. The summed E-state index contributed by atoms with van der Waals surface area (Å²) < 4.78 is 0.854.